The molecule has 1 aliphatic rings. The van der Waals surface area contributed by atoms with E-state index < -0.39 is 0 Å². The van der Waals surface area contributed by atoms with Crippen LogP contribution in [0.3, 0.4) is 0 Å². The highest BCUT2D eigenvalue weighted by molar-refractivity contribution is 6.06. The van der Waals surface area contributed by atoms with Gasteiger partial charge in [-0.05, 0) is 19.1 Å². The van der Waals surface area contributed by atoms with E-state index in [4.69, 9.17) is 4.74 Å². The van der Waals surface area contributed by atoms with E-state index in [2.05, 4.69) is 5.32 Å². The topological polar surface area (TPSA) is 58.6 Å². The van der Waals surface area contributed by atoms with Crippen molar-refractivity contribution in [2.24, 2.45) is 5.92 Å². The minimum atomic E-state index is -0.383. The van der Waals surface area contributed by atoms with Crippen molar-refractivity contribution >= 4 is 17.6 Å². The maximum Gasteiger partial charge on any atom is 0.328 e. The Hall–Kier alpha value is -2.04. The Morgan fingerprint density at radius 2 is 2.22 bits per heavy atom. The van der Waals surface area contributed by atoms with Gasteiger partial charge in [-0.15, -0.1) is 0 Å². The van der Waals surface area contributed by atoms with Gasteiger partial charge in [0.05, 0.1) is 12.5 Å². The van der Waals surface area contributed by atoms with Crippen LogP contribution in [0.2, 0.25) is 0 Å². The Labute approximate surface area is 106 Å². The number of hydrogen-bond acceptors (Lipinski definition) is 3. The number of amides is 3. The molecule has 1 saturated heterocycles. The van der Waals surface area contributed by atoms with Gasteiger partial charge in [-0.25, -0.2) is 4.79 Å². The molecule has 3 amide bonds. The number of nitrogens with zero attached hydrogens (tertiary/aromatic N) is 1. The predicted molar refractivity (Wildman–Crippen MR) is 67.7 cm³/mol. The molecule has 1 atom stereocenters. The molecule has 1 fully saturated rings. The number of benzene rings is 1. The van der Waals surface area contributed by atoms with Crippen LogP contribution in [0.5, 0.6) is 5.75 Å². The molecule has 1 aliphatic heterocycles. The van der Waals surface area contributed by atoms with E-state index in [1.165, 1.54) is 0 Å². The highest BCUT2D eigenvalue weighted by Gasteiger charge is 2.30. The van der Waals surface area contributed by atoms with E-state index in [-0.39, 0.29) is 17.9 Å². The quantitative estimate of drug-likeness (QED) is 0.887. The zero-order valence-electron chi connectivity index (χ0n) is 10.5. The van der Waals surface area contributed by atoms with Crippen LogP contribution >= 0.6 is 0 Å². The van der Waals surface area contributed by atoms with Gasteiger partial charge in [0.1, 0.15) is 5.75 Å². The zero-order chi connectivity index (χ0) is 13.1. The van der Waals surface area contributed by atoms with Crippen LogP contribution in [0.4, 0.5) is 10.5 Å². The van der Waals surface area contributed by atoms with Crippen LogP contribution in [0.1, 0.15) is 13.8 Å². The zero-order valence-corrected chi connectivity index (χ0v) is 10.5. The number of imide groups is 1. The smallest absolute Gasteiger partial charge is 0.328 e. The van der Waals surface area contributed by atoms with Crippen LogP contribution in [0.25, 0.3) is 0 Å². The Bertz CT molecular complexity index is 473. The summed E-state index contributed by atoms with van der Waals surface area (Å²) in [7, 11) is 0. The van der Waals surface area contributed by atoms with Gasteiger partial charge in [-0.3, -0.25) is 15.0 Å². The Balaban J connectivity index is 2.22. The lowest BCUT2D eigenvalue weighted by atomic mass is 10.1. The number of ether oxygens (including phenoxy) is 1. The van der Waals surface area contributed by atoms with Crippen molar-refractivity contribution in [3.63, 3.8) is 0 Å². The van der Waals surface area contributed by atoms with Gasteiger partial charge in [0.15, 0.2) is 0 Å². The Morgan fingerprint density at radius 3 is 2.94 bits per heavy atom. The summed E-state index contributed by atoms with van der Waals surface area (Å²) in [5.74, 6) is 0.281. The summed E-state index contributed by atoms with van der Waals surface area (Å²) in [4.78, 5) is 24.7. The first-order chi connectivity index (χ1) is 8.61. The van der Waals surface area contributed by atoms with Crippen molar-refractivity contribution in [3.05, 3.63) is 24.3 Å². The Kier molecular flexibility index (Phi) is 3.50. The second kappa shape index (κ2) is 5.08. The van der Waals surface area contributed by atoms with Crippen molar-refractivity contribution in [1.82, 2.24) is 5.32 Å². The summed E-state index contributed by atoms with van der Waals surface area (Å²) < 4.78 is 5.40. The molecule has 18 heavy (non-hydrogen) atoms. The summed E-state index contributed by atoms with van der Waals surface area (Å²) in [6.07, 6.45) is 0. The lowest BCUT2D eigenvalue weighted by Crippen LogP contribution is -2.53. The van der Waals surface area contributed by atoms with Gasteiger partial charge in [0.25, 0.3) is 0 Å². The monoisotopic (exact) mass is 248 g/mol. The molecule has 1 unspecified atom stereocenters. The molecule has 5 nitrogen and oxygen atoms in total. The lowest BCUT2D eigenvalue weighted by molar-refractivity contribution is -0.123. The molecule has 1 N–H and O–H groups in total. The van der Waals surface area contributed by atoms with Crippen molar-refractivity contribution < 1.29 is 14.3 Å². The molecule has 1 aromatic rings. The predicted octanol–water partition coefficient (Wildman–Crippen LogP) is 1.78. The highest BCUT2D eigenvalue weighted by atomic mass is 16.5. The summed E-state index contributed by atoms with van der Waals surface area (Å²) >= 11 is 0. The number of carbonyl (C=O) groups excluding carboxylic acids is 2. The molecule has 0 saturated carbocycles. The number of carbonyl (C=O) groups is 2. The summed E-state index contributed by atoms with van der Waals surface area (Å²) in [5, 5.41) is 2.34. The number of urea groups is 1. The fourth-order valence-electron chi connectivity index (χ4n) is 1.87. The average molecular weight is 248 g/mol. The second-order valence-corrected chi connectivity index (χ2v) is 4.24. The van der Waals surface area contributed by atoms with Gasteiger partial charge in [-0.1, -0.05) is 13.0 Å². The normalized spacial score (nSPS) is 19.7. The van der Waals surface area contributed by atoms with Crippen molar-refractivity contribution in [1.29, 1.82) is 0 Å². The molecular formula is C13H16N2O3. The molecule has 1 aromatic carbocycles. The molecule has 1 heterocycles. The van der Waals surface area contributed by atoms with Gasteiger partial charge >= 0.3 is 6.03 Å². The van der Waals surface area contributed by atoms with E-state index in [9.17, 15) is 9.59 Å². The van der Waals surface area contributed by atoms with E-state index >= 15 is 0 Å². The van der Waals surface area contributed by atoms with E-state index in [0.29, 0.717) is 18.9 Å². The van der Waals surface area contributed by atoms with E-state index in [1.54, 1.807) is 17.9 Å². The number of hydrogen-bond donors (Lipinski definition) is 1. The van der Waals surface area contributed by atoms with Crippen molar-refractivity contribution in [2.75, 3.05) is 18.1 Å². The molecule has 0 aromatic heterocycles. The molecule has 0 spiro atoms. The van der Waals surface area contributed by atoms with Gasteiger partial charge in [0.2, 0.25) is 5.91 Å². The first-order valence-electron chi connectivity index (χ1n) is 5.97. The van der Waals surface area contributed by atoms with Crippen LogP contribution in [-0.2, 0) is 4.79 Å². The fourth-order valence-corrected chi connectivity index (χ4v) is 1.87. The largest absolute Gasteiger partial charge is 0.494 e. The minimum Gasteiger partial charge on any atom is -0.494 e. The molecule has 2 rings (SSSR count). The summed E-state index contributed by atoms with van der Waals surface area (Å²) in [5.41, 5.74) is 0.734. The average Bonchev–Trinajstić information content (AvgIpc) is 2.34. The van der Waals surface area contributed by atoms with Gasteiger partial charge < -0.3 is 4.74 Å². The molecule has 0 bridgehead atoms. The van der Waals surface area contributed by atoms with E-state index in [0.717, 1.165) is 5.69 Å². The van der Waals surface area contributed by atoms with Gasteiger partial charge in [-0.2, -0.15) is 0 Å². The lowest BCUT2D eigenvalue weighted by Gasteiger charge is -2.30. The summed E-state index contributed by atoms with van der Waals surface area (Å²) in [6.45, 7) is 4.66. The maximum absolute atomic E-state index is 11.8. The summed E-state index contributed by atoms with van der Waals surface area (Å²) in [6, 6.07) is 6.90. The first-order valence-corrected chi connectivity index (χ1v) is 5.97. The standard InChI is InChI=1S/C13H16N2O3/c1-3-18-11-6-4-5-10(7-11)15-8-9(2)12(16)14-13(15)17/h4-7,9H,3,8H2,1-2H3,(H,14,16,17). The third-order valence-electron chi connectivity index (χ3n) is 2.82. The van der Waals surface area contributed by atoms with Gasteiger partial charge in [0, 0.05) is 18.3 Å². The fraction of sp³-hybridized carbons (Fsp3) is 0.385. The highest BCUT2D eigenvalue weighted by Crippen LogP contribution is 2.23. The molecule has 0 aliphatic carbocycles. The SMILES string of the molecule is CCOc1cccc(N2CC(C)C(=O)NC2=O)c1. The third kappa shape index (κ3) is 2.45. The number of anilines is 1. The Morgan fingerprint density at radius 1 is 1.44 bits per heavy atom. The van der Waals surface area contributed by atoms with Crippen LogP contribution < -0.4 is 15.0 Å². The molecule has 5 heteroatoms. The first kappa shape index (κ1) is 12.4. The van der Waals surface area contributed by atoms with Crippen LogP contribution in [0.15, 0.2) is 24.3 Å². The van der Waals surface area contributed by atoms with Crippen molar-refractivity contribution in [3.8, 4) is 5.75 Å². The van der Waals surface area contributed by atoms with Crippen molar-refractivity contribution in [2.45, 2.75) is 13.8 Å². The number of nitrogens with one attached hydrogen (secondary N) is 1. The minimum absolute atomic E-state index is 0.210. The third-order valence-corrected chi connectivity index (χ3v) is 2.82. The van der Waals surface area contributed by atoms with E-state index in [1.807, 2.05) is 25.1 Å². The second-order valence-electron chi connectivity index (χ2n) is 4.24. The molecule has 96 valence electrons. The van der Waals surface area contributed by atoms with Crippen LogP contribution in [0, 0.1) is 5.92 Å². The van der Waals surface area contributed by atoms with Crippen LogP contribution in [-0.4, -0.2) is 25.1 Å². The number of rotatable bonds is 3. The molecular weight excluding hydrogens is 232 g/mol. The maximum atomic E-state index is 11.8. The molecule has 0 radical (unpaired) electrons.